The van der Waals surface area contributed by atoms with Crippen LogP contribution in [0.2, 0.25) is 0 Å². The summed E-state index contributed by atoms with van der Waals surface area (Å²) in [6.07, 6.45) is 4.07. The van der Waals surface area contributed by atoms with Crippen molar-refractivity contribution >= 4 is 11.8 Å². The molecule has 104 valence electrons. The van der Waals surface area contributed by atoms with Gasteiger partial charge in [-0.2, -0.15) is 0 Å². The molecule has 0 aromatic heterocycles. The topological polar surface area (TPSA) is 69.6 Å². The predicted molar refractivity (Wildman–Crippen MR) is 69.0 cm³/mol. The first-order chi connectivity index (χ1) is 8.67. The van der Waals surface area contributed by atoms with E-state index in [4.69, 9.17) is 5.11 Å². The van der Waals surface area contributed by atoms with Crippen molar-refractivity contribution in [2.45, 2.75) is 51.5 Å². The third-order valence-corrected chi connectivity index (χ3v) is 3.24. The molecule has 0 aromatic carbocycles. The molecule has 1 heterocycles. The van der Waals surface area contributed by atoms with Crippen LogP contribution in [0.25, 0.3) is 0 Å². The fourth-order valence-electron chi connectivity index (χ4n) is 2.19. The number of likely N-dealkylation sites (tertiary alicyclic amines) is 1. The molecule has 0 spiro atoms. The minimum absolute atomic E-state index is 0.0648. The number of aliphatic hydroxyl groups is 1. The number of amides is 2. The molecule has 0 bridgehead atoms. The van der Waals surface area contributed by atoms with Gasteiger partial charge in [-0.3, -0.25) is 9.59 Å². The van der Waals surface area contributed by atoms with Crippen molar-refractivity contribution in [1.82, 2.24) is 10.2 Å². The first-order valence-corrected chi connectivity index (χ1v) is 6.85. The van der Waals surface area contributed by atoms with Gasteiger partial charge in [0, 0.05) is 38.6 Å². The summed E-state index contributed by atoms with van der Waals surface area (Å²) in [6.45, 7) is 3.47. The fourth-order valence-corrected chi connectivity index (χ4v) is 2.19. The molecule has 2 amide bonds. The van der Waals surface area contributed by atoms with Crippen molar-refractivity contribution in [3.63, 3.8) is 0 Å². The first kappa shape index (κ1) is 15.0. The van der Waals surface area contributed by atoms with Crippen molar-refractivity contribution in [2.75, 3.05) is 19.7 Å². The molecule has 2 N–H and O–H groups in total. The smallest absolute Gasteiger partial charge is 0.222 e. The normalized spacial score (nSPS) is 16.7. The van der Waals surface area contributed by atoms with Crippen LogP contribution < -0.4 is 5.32 Å². The molecule has 1 rings (SSSR count). The van der Waals surface area contributed by atoms with Crippen molar-refractivity contribution < 1.29 is 14.7 Å². The standard InChI is InChI=1S/C13H24N2O3/c1-2-4-12(17)14-11-6-8-15(9-7-11)13(18)5-3-10-16/h11,16H,2-10H2,1H3,(H,14,17). The van der Waals surface area contributed by atoms with Gasteiger partial charge in [0.1, 0.15) is 0 Å². The number of rotatable bonds is 6. The lowest BCUT2D eigenvalue weighted by molar-refractivity contribution is -0.132. The second-order valence-electron chi connectivity index (χ2n) is 4.80. The Morgan fingerprint density at radius 2 is 1.94 bits per heavy atom. The molecule has 5 nitrogen and oxygen atoms in total. The molecular weight excluding hydrogens is 232 g/mol. The molecule has 0 aromatic rings. The van der Waals surface area contributed by atoms with Gasteiger partial charge >= 0.3 is 0 Å². The Morgan fingerprint density at radius 3 is 2.50 bits per heavy atom. The number of carbonyl (C=O) groups is 2. The van der Waals surface area contributed by atoms with Gasteiger partial charge in [0.2, 0.25) is 11.8 Å². The van der Waals surface area contributed by atoms with E-state index in [-0.39, 0.29) is 24.5 Å². The van der Waals surface area contributed by atoms with Crippen molar-refractivity contribution in [3.05, 3.63) is 0 Å². The zero-order valence-electron chi connectivity index (χ0n) is 11.2. The van der Waals surface area contributed by atoms with Crippen LogP contribution in [0.4, 0.5) is 0 Å². The molecule has 0 radical (unpaired) electrons. The van der Waals surface area contributed by atoms with E-state index in [1.54, 1.807) is 0 Å². The molecule has 0 unspecified atom stereocenters. The highest BCUT2D eigenvalue weighted by molar-refractivity contribution is 5.77. The van der Waals surface area contributed by atoms with E-state index in [1.807, 2.05) is 11.8 Å². The highest BCUT2D eigenvalue weighted by atomic mass is 16.3. The van der Waals surface area contributed by atoms with Crippen molar-refractivity contribution in [3.8, 4) is 0 Å². The molecule has 1 fully saturated rings. The lowest BCUT2D eigenvalue weighted by Gasteiger charge is -2.32. The quantitative estimate of drug-likeness (QED) is 0.733. The maximum Gasteiger partial charge on any atom is 0.222 e. The van der Waals surface area contributed by atoms with Gasteiger partial charge < -0.3 is 15.3 Å². The maximum absolute atomic E-state index is 11.7. The summed E-state index contributed by atoms with van der Waals surface area (Å²) in [4.78, 5) is 25.0. The molecule has 0 atom stereocenters. The minimum atomic E-state index is 0.0648. The Balaban J connectivity index is 2.23. The zero-order valence-corrected chi connectivity index (χ0v) is 11.2. The van der Waals surface area contributed by atoms with Gasteiger partial charge in [-0.05, 0) is 25.7 Å². The Morgan fingerprint density at radius 1 is 1.28 bits per heavy atom. The summed E-state index contributed by atoms with van der Waals surface area (Å²) in [5.41, 5.74) is 0. The number of hydrogen-bond donors (Lipinski definition) is 2. The molecule has 1 aliphatic heterocycles. The second-order valence-corrected chi connectivity index (χ2v) is 4.80. The molecule has 1 aliphatic rings. The van der Waals surface area contributed by atoms with Crippen molar-refractivity contribution in [2.24, 2.45) is 0 Å². The molecular formula is C13H24N2O3. The van der Waals surface area contributed by atoms with E-state index in [1.165, 1.54) is 0 Å². The Hall–Kier alpha value is -1.10. The second kappa shape index (κ2) is 8.08. The van der Waals surface area contributed by atoms with E-state index < -0.39 is 0 Å². The highest BCUT2D eigenvalue weighted by Crippen LogP contribution is 2.12. The van der Waals surface area contributed by atoms with Gasteiger partial charge in [0.15, 0.2) is 0 Å². The van der Waals surface area contributed by atoms with Crippen LogP contribution in [-0.2, 0) is 9.59 Å². The molecule has 5 heteroatoms. The first-order valence-electron chi connectivity index (χ1n) is 6.85. The number of carbonyl (C=O) groups excluding carboxylic acids is 2. The molecule has 0 saturated carbocycles. The Kier molecular flexibility index (Phi) is 6.72. The molecule has 18 heavy (non-hydrogen) atoms. The van der Waals surface area contributed by atoms with E-state index >= 15 is 0 Å². The monoisotopic (exact) mass is 256 g/mol. The van der Waals surface area contributed by atoms with Gasteiger partial charge in [-0.1, -0.05) is 6.92 Å². The zero-order chi connectivity index (χ0) is 13.4. The van der Waals surface area contributed by atoms with Crippen LogP contribution in [0.5, 0.6) is 0 Å². The van der Waals surface area contributed by atoms with Gasteiger partial charge in [-0.15, -0.1) is 0 Å². The minimum Gasteiger partial charge on any atom is -0.396 e. The fraction of sp³-hybridized carbons (Fsp3) is 0.846. The lowest BCUT2D eigenvalue weighted by atomic mass is 10.0. The Labute approximate surface area is 109 Å². The number of nitrogens with zero attached hydrogens (tertiary/aromatic N) is 1. The summed E-state index contributed by atoms with van der Waals surface area (Å²) in [7, 11) is 0. The van der Waals surface area contributed by atoms with E-state index in [2.05, 4.69) is 5.32 Å². The average molecular weight is 256 g/mol. The average Bonchev–Trinajstić information content (AvgIpc) is 2.37. The van der Waals surface area contributed by atoms with Gasteiger partial charge in [0.05, 0.1) is 0 Å². The van der Waals surface area contributed by atoms with Crippen LogP contribution in [0.3, 0.4) is 0 Å². The summed E-state index contributed by atoms with van der Waals surface area (Å²) in [5.74, 6) is 0.227. The van der Waals surface area contributed by atoms with Crippen LogP contribution in [0.1, 0.15) is 45.4 Å². The summed E-state index contributed by atoms with van der Waals surface area (Å²) in [6, 6.07) is 0.214. The maximum atomic E-state index is 11.7. The lowest BCUT2D eigenvalue weighted by Crippen LogP contribution is -2.46. The predicted octanol–water partition coefficient (Wildman–Crippen LogP) is 0.666. The summed E-state index contributed by atoms with van der Waals surface area (Å²) in [5, 5.41) is 11.7. The SMILES string of the molecule is CCCC(=O)NC1CCN(C(=O)CCCO)CC1. The third-order valence-electron chi connectivity index (χ3n) is 3.24. The molecule has 0 aliphatic carbocycles. The molecule has 1 saturated heterocycles. The van der Waals surface area contributed by atoms with E-state index in [9.17, 15) is 9.59 Å². The Bertz CT molecular complexity index is 273. The largest absolute Gasteiger partial charge is 0.396 e. The number of aliphatic hydroxyl groups excluding tert-OH is 1. The van der Waals surface area contributed by atoms with Crippen LogP contribution in [0.15, 0.2) is 0 Å². The van der Waals surface area contributed by atoms with E-state index in [0.29, 0.717) is 32.4 Å². The third kappa shape index (κ3) is 5.04. The highest BCUT2D eigenvalue weighted by Gasteiger charge is 2.23. The van der Waals surface area contributed by atoms with E-state index in [0.717, 1.165) is 19.3 Å². The van der Waals surface area contributed by atoms with Gasteiger partial charge in [-0.25, -0.2) is 0 Å². The van der Waals surface area contributed by atoms with Crippen molar-refractivity contribution in [1.29, 1.82) is 0 Å². The number of hydrogen-bond acceptors (Lipinski definition) is 3. The summed E-state index contributed by atoms with van der Waals surface area (Å²) >= 11 is 0. The van der Waals surface area contributed by atoms with Crippen LogP contribution >= 0.6 is 0 Å². The van der Waals surface area contributed by atoms with Crippen LogP contribution in [0, 0.1) is 0 Å². The van der Waals surface area contributed by atoms with Gasteiger partial charge in [0.25, 0.3) is 0 Å². The van der Waals surface area contributed by atoms with Crippen LogP contribution in [-0.4, -0.2) is 47.6 Å². The summed E-state index contributed by atoms with van der Waals surface area (Å²) < 4.78 is 0. The number of piperidine rings is 1. The number of nitrogens with one attached hydrogen (secondary N) is 1.